The highest BCUT2D eigenvalue weighted by molar-refractivity contribution is 5.89. The van der Waals surface area contributed by atoms with Crippen LogP contribution >= 0.6 is 0 Å². The van der Waals surface area contributed by atoms with Crippen LogP contribution in [0.3, 0.4) is 0 Å². The van der Waals surface area contributed by atoms with Gasteiger partial charge in [0.2, 0.25) is 17.7 Å². The number of hydrogen-bond acceptors (Lipinski definition) is 7. The Morgan fingerprint density at radius 2 is 1.94 bits per heavy atom. The molecule has 2 N–H and O–H groups in total. The normalized spacial score (nSPS) is 13.5. The van der Waals surface area contributed by atoms with Gasteiger partial charge in [0, 0.05) is 43.3 Å². The van der Waals surface area contributed by atoms with E-state index in [1.165, 1.54) is 6.08 Å². The molecule has 1 aliphatic rings. The van der Waals surface area contributed by atoms with Crippen LogP contribution in [0.5, 0.6) is 11.6 Å². The van der Waals surface area contributed by atoms with Crippen molar-refractivity contribution >= 4 is 23.2 Å². The molecular weight excluding hydrogens is 406 g/mol. The smallest absolute Gasteiger partial charge is 0.247 e. The summed E-state index contributed by atoms with van der Waals surface area (Å²) in [5, 5.41) is 0. The Bertz CT molecular complexity index is 1290. The number of anilines is 2. The number of imidazole rings is 1. The number of amides is 1. The van der Waals surface area contributed by atoms with Crippen LogP contribution < -0.4 is 15.4 Å². The van der Waals surface area contributed by atoms with Crippen molar-refractivity contribution in [3.8, 4) is 22.9 Å². The van der Waals surface area contributed by atoms with Gasteiger partial charge in [-0.25, -0.2) is 15.0 Å². The molecule has 0 unspecified atom stereocenters. The predicted octanol–water partition coefficient (Wildman–Crippen LogP) is 2.96. The first-order chi connectivity index (χ1) is 15.6. The van der Waals surface area contributed by atoms with Gasteiger partial charge in [0.15, 0.2) is 0 Å². The van der Waals surface area contributed by atoms with Gasteiger partial charge >= 0.3 is 0 Å². The second-order valence-electron chi connectivity index (χ2n) is 7.30. The van der Waals surface area contributed by atoms with Gasteiger partial charge in [0.25, 0.3) is 0 Å². The van der Waals surface area contributed by atoms with Crippen LogP contribution in [0.1, 0.15) is 0 Å². The summed E-state index contributed by atoms with van der Waals surface area (Å²) in [7, 11) is 0. The van der Waals surface area contributed by atoms with Crippen LogP contribution in [0, 0.1) is 0 Å². The number of nitrogens with zero attached hydrogens (tertiary/aromatic N) is 6. The molecule has 5 rings (SSSR count). The van der Waals surface area contributed by atoms with Crippen LogP contribution in [0.15, 0.2) is 73.7 Å². The van der Waals surface area contributed by atoms with Crippen LogP contribution in [-0.4, -0.2) is 49.9 Å². The van der Waals surface area contributed by atoms with Gasteiger partial charge in [-0.2, -0.15) is 0 Å². The van der Waals surface area contributed by atoms with Crippen molar-refractivity contribution in [1.29, 1.82) is 0 Å². The summed E-state index contributed by atoms with van der Waals surface area (Å²) in [6.07, 6.45) is 6.48. The van der Waals surface area contributed by atoms with Crippen molar-refractivity contribution in [1.82, 2.24) is 24.3 Å². The molecule has 160 valence electrons. The zero-order valence-corrected chi connectivity index (χ0v) is 17.3. The predicted molar refractivity (Wildman–Crippen MR) is 121 cm³/mol. The van der Waals surface area contributed by atoms with Crippen molar-refractivity contribution in [2.75, 3.05) is 30.4 Å². The maximum atomic E-state index is 12.0. The summed E-state index contributed by atoms with van der Waals surface area (Å²) in [6.45, 7) is 5.28. The molecule has 4 heterocycles. The largest absolute Gasteiger partial charge is 0.439 e. The molecule has 0 atom stereocenters. The topological polar surface area (TPSA) is 102 Å². The van der Waals surface area contributed by atoms with E-state index in [1.54, 1.807) is 23.4 Å². The lowest BCUT2D eigenvalue weighted by atomic mass is 10.1. The SMILES string of the molecule is C=CC(=O)N1CCN(c2nc(-c3ccc(Oc4ccccn4)cc3)c3c(N)nccn23)C1. The third-order valence-electron chi connectivity index (χ3n) is 5.30. The Labute approximate surface area is 184 Å². The van der Waals surface area contributed by atoms with Crippen molar-refractivity contribution in [3.63, 3.8) is 0 Å². The molecule has 1 saturated heterocycles. The number of rotatable bonds is 5. The minimum atomic E-state index is -0.0988. The monoisotopic (exact) mass is 427 g/mol. The lowest BCUT2D eigenvalue weighted by molar-refractivity contribution is -0.124. The molecule has 9 nitrogen and oxygen atoms in total. The second-order valence-corrected chi connectivity index (χ2v) is 7.30. The summed E-state index contributed by atoms with van der Waals surface area (Å²) in [5.41, 5.74) is 8.54. The number of nitrogens with two attached hydrogens (primary N) is 1. The van der Waals surface area contributed by atoms with Crippen LogP contribution in [0.25, 0.3) is 16.8 Å². The minimum Gasteiger partial charge on any atom is -0.439 e. The highest BCUT2D eigenvalue weighted by Crippen LogP contribution is 2.33. The second kappa shape index (κ2) is 8.03. The van der Waals surface area contributed by atoms with E-state index in [4.69, 9.17) is 15.5 Å². The number of ether oxygens (including phenoxy) is 1. The quantitative estimate of drug-likeness (QED) is 0.489. The van der Waals surface area contributed by atoms with Crippen molar-refractivity contribution < 1.29 is 9.53 Å². The van der Waals surface area contributed by atoms with Crippen LogP contribution in [0.4, 0.5) is 11.8 Å². The molecule has 0 saturated carbocycles. The molecule has 9 heteroatoms. The van der Waals surface area contributed by atoms with Crippen molar-refractivity contribution in [2.24, 2.45) is 0 Å². The number of aromatic nitrogens is 4. The highest BCUT2D eigenvalue weighted by Gasteiger charge is 2.27. The average Bonchev–Trinajstić information content (AvgIpc) is 3.46. The summed E-state index contributed by atoms with van der Waals surface area (Å²) >= 11 is 0. The molecule has 1 fully saturated rings. The summed E-state index contributed by atoms with van der Waals surface area (Å²) < 4.78 is 7.70. The summed E-state index contributed by atoms with van der Waals surface area (Å²) in [5.74, 6) is 2.18. The number of carbonyl (C=O) groups is 1. The van der Waals surface area contributed by atoms with Gasteiger partial charge in [0.05, 0.1) is 6.67 Å². The highest BCUT2D eigenvalue weighted by atomic mass is 16.5. The maximum Gasteiger partial charge on any atom is 0.247 e. The van der Waals surface area contributed by atoms with Gasteiger partial charge < -0.3 is 20.3 Å². The fraction of sp³-hybridized carbons (Fsp3) is 0.130. The molecule has 1 aliphatic heterocycles. The molecule has 1 aromatic carbocycles. The van der Waals surface area contributed by atoms with E-state index >= 15 is 0 Å². The number of hydrogen-bond donors (Lipinski definition) is 1. The number of carbonyl (C=O) groups excluding carboxylic acids is 1. The molecule has 4 aromatic rings. The number of nitrogen functional groups attached to an aromatic ring is 1. The van der Waals surface area contributed by atoms with Crippen LogP contribution in [0.2, 0.25) is 0 Å². The Morgan fingerprint density at radius 1 is 1.09 bits per heavy atom. The van der Waals surface area contributed by atoms with Crippen molar-refractivity contribution in [2.45, 2.75) is 0 Å². The Kier molecular flexibility index (Phi) is 4.91. The maximum absolute atomic E-state index is 12.0. The molecule has 32 heavy (non-hydrogen) atoms. The molecule has 0 radical (unpaired) electrons. The van der Waals surface area contributed by atoms with Gasteiger partial charge in [0.1, 0.15) is 22.8 Å². The Balaban J connectivity index is 1.49. The van der Waals surface area contributed by atoms with E-state index in [0.717, 1.165) is 11.1 Å². The number of fused-ring (bicyclic) bond motifs is 1. The summed E-state index contributed by atoms with van der Waals surface area (Å²) in [6, 6.07) is 13.1. The van der Waals surface area contributed by atoms with E-state index in [-0.39, 0.29) is 5.91 Å². The van der Waals surface area contributed by atoms with E-state index in [2.05, 4.69) is 16.5 Å². The molecular formula is C23H21N7O2. The lowest BCUT2D eigenvalue weighted by Crippen LogP contribution is -2.30. The standard InChI is InChI=1S/C23H21N7O2/c1-2-19(31)28-13-14-29(15-28)23-27-20(21-22(24)26-11-12-30(21)23)16-6-8-17(9-7-16)32-18-5-3-4-10-25-18/h2-12H,1,13-15H2,(H2,24,26). The molecule has 1 amide bonds. The number of benzene rings is 1. The molecule has 0 bridgehead atoms. The summed E-state index contributed by atoms with van der Waals surface area (Å²) in [4.78, 5) is 29.1. The number of pyridine rings is 1. The Hall–Kier alpha value is -4.40. The zero-order chi connectivity index (χ0) is 22.1. The lowest BCUT2D eigenvalue weighted by Gasteiger charge is -2.17. The molecule has 3 aromatic heterocycles. The van der Waals surface area contributed by atoms with Gasteiger partial charge in [-0.15, -0.1) is 0 Å². The van der Waals surface area contributed by atoms with E-state index < -0.39 is 0 Å². The first kappa shape index (κ1) is 19.6. The first-order valence-corrected chi connectivity index (χ1v) is 10.1. The van der Waals surface area contributed by atoms with E-state index in [1.807, 2.05) is 51.9 Å². The van der Waals surface area contributed by atoms with Crippen molar-refractivity contribution in [3.05, 3.63) is 73.7 Å². The third-order valence-corrected chi connectivity index (χ3v) is 5.30. The first-order valence-electron chi connectivity index (χ1n) is 10.1. The van der Waals surface area contributed by atoms with Gasteiger partial charge in [-0.1, -0.05) is 12.6 Å². The molecule has 0 spiro atoms. The fourth-order valence-electron chi connectivity index (χ4n) is 3.74. The zero-order valence-electron chi connectivity index (χ0n) is 17.3. The van der Waals surface area contributed by atoms with Gasteiger partial charge in [-0.05, 0) is 36.4 Å². The van der Waals surface area contributed by atoms with E-state index in [0.29, 0.717) is 48.8 Å². The van der Waals surface area contributed by atoms with Crippen LogP contribution in [-0.2, 0) is 4.79 Å². The van der Waals surface area contributed by atoms with E-state index in [9.17, 15) is 4.79 Å². The average molecular weight is 427 g/mol. The molecule has 0 aliphatic carbocycles. The Morgan fingerprint density at radius 3 is 2.69 bits per heavy atom. The minimum absolute atomic E-state index is 0.0988. The van der Waals surface area contributed by atoms with Gasteiger partial charge in [-0.3, -0.25) is 9.20 Å². The third kappa shape index (κ3) is 3.49. The fourth-order valence-corrected chi connectivity index (χ4v) is 3.74.